The van der Waals surface area contributed by atoms with Gasteiger partial charge in [-0.1, -0.05) is 42.6 Å². The van der Waals surface area contributed by atoms with Gasteiger partial charge in [0.25, 0.3) is 0 Å². The van der Waals surface area contributed by atoms with Gasteiger partial charge >= 0.3 is 0 Å². The lowest BCUT2D eigenvalue weighted by atomic mass is 9.98. The summed E-state index contributed by atoms with van der Waals surface area (Å²) in [6, 6.07) is 8.42. The number of hydrogen-bond donors (Lipinski definition) is 0. The van der Waals surface area contributed by atoms with Crippen LogP contribution in [0.1, 0.15) is 11.1 Å². The van der Waals surface area contributed by atoms with Gasteiger partial charge in [0, 0.05) is 4.86 Å². The summed E-state index contributed by atoms with van der Waals surface area (Å²) < 4.78 is 0. The molecule has 0 N–H and O–H groups in total. The van der Waals surface area contributed by atoms with E-state index in [0.29, 0.717) is 0 Å². The molecule has 14 heavy (non-hydrogen) atoms. The average molecular weight is 196 g/mol. The molecule has 0 aliphatic heterocycles. The van der Waals surface area contributed by atoms with E-state index in [1.54, 1.807) is 0 Å². The summed E-state index contributed by atoms with van der Waals surface area (Å²) in [6.45, 7) is 0. The molecule has 1 heteroatoms. The molecule has 0 bridgehead atoms. The van der Waals surface area contributed by atoms with E-state index in [1.165, 1.54) is 22.3 Å². The van der Waals surface area contributed by atoms with E-state index in [-0.39, 0.29) is 0 Å². The van der Waals surface area contributed by atoms with Gasteiger partial charge in [0.1, 0.15) is 0 Å². The second-order valence-electron chi connectivity index (χ2n) is 3.48. The van der Waals surface area contributed by atoms with Gasteiger partial charge in [-0.15, -0.1) is 0 Å². The number of benzene rings is 1. The second kappa shape index (κ2) is 2.76. The van der Waals surface area contributed by atoms with Crippen LogP contribution in [0.3, 0.4) is 0 Å². The van der Waals surface area contributed by atoms with Gasteiger partial charge in [-0.25, -0.2) is 0 Å². The van der Waals surface area contributed by atoms with E-state index in [0.717, 1.165) is 4.86 Å². The molecule has 0 spiro atoms. The smallest absolute Gasteiger partial charge is 0.0383 e. The third kappa shape index (κ3) is 1.03. The lowest BCUT2D eigenvalue weighted by molar-refractivity contribution is 1.61. The standard InChI is InChI=1S/C13H8S/c14-11-6-5-10-7-9-3-1-2-4-12(9)13(10)8-11/h1-8H. The first-order valence-electron chi connectivity index (χ1n) is 4.60. The van der Waals surface area contributed by atoms with Gasteiger partial charge in [-0.2, -0.15) is 0 Å². The largest absolute Gasteiger partial charge is 0.0801 e. The summed E-state index contributed by atoms with van der Waals surface area (Å²) in [5.41, 5.74) is 5.14. The molecule has 1 aromatic carbocycles. The molecule has 0 aromatic heterocycles. The first-order chi connectivity index (χ1) is 6.84. The van der Waals surface area contributed by atoms with E-state index in [9.17, 15) is 0 Å². The van der Waals surface area contributed by atoms with Crippen LogP contribution in [0.4, 0.5) is 0 Å². The van der Waals surface area contributed by atoms with Crippen molar-refractivity contribution in [1.29, 1.82) is 0 Å². The molecule has 2 aliphatic carbocycles. The molecular formula is C13H8S. The lowest BCUT2D eigenvalue weighted by Crippen LogP contribution is -1.93. The first kappa shape index (κ1) is 7.89. The highest BCUT2D eigenvalue weighted by molar-refractivity contribution is 7.81. The van der Waals surface area contributed by atoms with Gasteiger partial charge in [-0.05, 0) is 40.5 Å². The predicted octanol–water partition coefficient (Wildman–Crippen LogP) is 3.41. The Bertz CT molecular complexity index is 516. The SMILES string of the molecule is S=C1C=CC2=Cc3ccccc3C2=C1. The van der Waals surface area contributed by atoms with Crippen LogP contribution >= 0.6 is 12.2 Å². The Morgan fingerprint density at radius 3 is 2.71 bits per heavy atom. The summed E-state index contributed by atoms with van der Waals surface area (Å²) in [5.74, 6) is 0. The lowest BCUT2D eigenvalue weighted by Gasteiger charge is -2.07. The molecule has 0 amide bonds. The van der Waals surface area contributed by atoms with E-state index in [1.807, 2.05) is 6.08 Å². The highest BCUT2D eigenvalue weighted by atomic mass is 32.1. The summed E-state index contributed by atoms with van der Waals surface area (Å²) in [4.78, 5) is 0.911. The fourth-order valence-electron chi connectivity index (χ4n) is 1.93. The third-order valence-electron chi connectivity index (χ3n) is 2.59. The Hall–Kier alpha value is -1.47. The first-order valence-corrected chi connectivity index (χ1v) is 5.01. The number of rotatable bonds is 0. The zero-order valence-electron chi connectivity index (χ0n) is 7.53. The molecule has 0 heterocycles. The molecule has 0 fully saturated rings. The molecule has 0 radical (unpaired) electrons. The van der Waals surface area contributed by atoms with Crippen molar-refractivity contribution in [3.8, 4) is 0 Å². The van der Waals surface area contributed by atoms with Crippen molar-refractivity contribution in [2.75, 3.05) is 0 Å². The van der Waals surface area contributed by atoms with Crippen LogP contribution < -0.4 is 0 Å². The Balaban J connectivity index is 2.27. The maximum absolute atomic E-state index is 5.17. The van der Waals surface area contributed by atoms with Gasteiger partial charge in [0.2, 0.25) is 0 Å². The molecule has 1 aromatic rings. The Kier molecular flexibility index (Phi) is 1.55. The quantitative estimate of drug-likeness (QED) is 0.573. The van der Waals surface area contributed by atoms with E-state index >= 15 is 0 Å². The molecular weight excluding hydrogens is 188 g/mol. The normalized spacial score (nSPS) is 17.3. The summed E-state index contributed by atoms with van der Waals surface area (Å²) >= 11 is 5.17. The highest BCUT2D eigenvalue weighted by Gasteiger charge is 2.18. The van der Waals surface area contributed by atoms with Gasteiger partial charge < -0.3 is 0 Å². The molecule has 0 saturated heterocycles. The van der Waals surface area contributed by atoms with Crippen LogP contribution in [0.15, 0.2) is 48.1 Å². The van der Waals surface area contributed by atoms with Gasteiger partial charge in [-0.3, -0.25) is 0 Å². The highest BCUT2D eigenvalue weighted by Crippen LogP contribution is 2.37. The van der Waals surface area contributed by atoms with Crippen molar-refractivity contribution in [2.45, 2.75) is 0 Å². The van der Waals surface area contributed by atoms with E-state index in [4.69, 9.17) is 12.2 Å². The van der Waals surface area contributed by atoms with Crippen LogP contribution in [-0.2, 0) is 0 Å². The monoisotopic (exact) mass is 196 g/mol. The van der Waals surface area contributed by atoms with Crippen molar-refractivity contribution in [3.63, 3.8) is 0 Å². The predicted molar refractivity (Wildman–Crippen MR) is 64.1 cm³/mol. The fourth-order valence-corrected chi connectivity index (χ4v) is 2.12. The van der Waals surface area contributed by atoms with Crippen molar-refractivity contribution in [2.24, 2.45) is 0 Å². The zero-order valence-corrected chi connectivity index (χ0v) is 8.34. The average Bonchev–Trinajstić information content (AvgIpc) is 2.56. The maximum atomic E-state index is 5.17. The molecule has 0 nitrogen and oxygen atoms in total. The van der Waals surface area contributed by atoms with Crippen LogP contribution in [0.5, 0.6) is 0 Å². The minimum absolute atomic E-state index is 0.911. The molecule has 0 saturated carbocycles. The van der Waals surface area contributed by atoms with Gasteiger partial charge in [0.05, 0.1) is 0 Å². The third-order valence-corrected chi connectivity index (χ3v) is 2.84. The Labute approximate surface area is 88.3 Å². The number of allylic oxidation sites excluding steroid dienone is 5. The number of hydrogen-bond acceptors (Lipinski definition) is 1. The number of thiocarbonyl (C=S) groups is 1. The molecule has 3 rings (SSSR count). The molecule has 0 unspecified atom stereocenters. The Morgan fingerprint density at radius 2 is 1.79 bits per heavy atom. The molecule has 0 atom stereocenters. The maximum Gasteiger partial charge on any atom is 0.0383 e. The van der Waals surface area contributed by atoms with Crippen LogP contribution in [-0.4, -0.2) is 4.86 Å². The van der Waals surface area contributed by atoms with Crippen molar-refractivity contribution >= 4 is 28.7 Å². The zero-order chi connectivity index (χ0) is 9.54. The minimum Gasteiger partial charge on any atom is -0.0801 e. The van der Waals surface area contributed by atoms with Crippen molar-refractivity contribution in [3.05, 3.63) is 59.2 Å². The fraction of sp³-hybridized carbons (Fsp3) is 0. The van der Waals surface area contributed by atoms with Crippen LogP contribution in [0.2, 0.25) is 0 Å². The van der Waals surface area contributed by atoms with Crippen molar-refractivity contribution < 1.29 is 0 Å². The number of fused-ring (bicyclic) bond motifs is 3. The second-order valence-corrected chi connectivity index (χ2v) is 3.95. The van der Waals surface area contributed by atoms with Crippen molar-refractivity contribution in [1.82, 2.24) is 0 Å². The molecule has 2 aliphatic rings. The minimum atomic E-state index is 0.911. The van der Waals surface area contributed by atoms with Gasteiger partial charge in [0.15, 0.2) is 0 Å². The van der Waals surface area contributed by atoms with E-state index < -0.39 is 0 Å². The van der Waals surface area contributed by atoms with E-state index in [2.05, 4.69) is 42.5 Å². The summed E-state index contributed by atoms with van der Waals surface area (Å²) in [7, 11) is 0. The Morgan fingerprint density at radius 1 is 0.929 bits per heavy atom. The topological polar surface area (TPSA) is 0 Å². The summed E-state index contributed by atoms with van der Waals surface area (Å²) in [5, 5.41) is 0. The van der Waals surface area contributed by atoms with Crippen LogP contribution in [0.25, 0.3) is 11.6 Å². The van der Waals surface area contributed by atoms with Crippen LogP contribution in [0, 0.1) is 0 Å². The molecule has 66 valence electrons. The summed E-state index contributed by atoms with van der Waals surface area (Å²) in [6.07, 6.45) is 8.36.